The highest BCUT2D eigenvalue weighted by Gasteiger charge is 2.44. The lowest BCUT2D eigenvalue weighted by Gasteiger charge is -2.40. The van der Waals surface area contributed by atoms with E-state index in [2.05, 4.69) is 17.6 Å². The molecule has 0 aliphatic heterocycles. The van der Waals surface area contributed by atoms with Gasteiger partial charge in [-0.3, -0.25) is 4.79 Å². The maximum absolute atomic E-state index is 12.2. The fourth-order valence-corrected chi connectivity index (χ4v) is 2.80. The third-order valence-corrected chi connectivity index (χ3v) is 5.27. The average Bonchev–Trinajstić information content (AvgIpc) is 2.38. The summed E-state index contributed by atoms with van der Waals surface area (Å²) in [6.07, 6.45) is 5.61. The van der Waals surface area contributed by atoms with Gasteiger partial charge in [0.25, 0.3) is 0 Å². The van der Waals surface area contributed by atoms with E-state index in [0.29, 0.717) is 5.92 Å². The Hall–Kier alpha value is -1.26. The molecule has 0 heterocycles. The molecule has 1 fully saturated rings. The summed E-state index contributed by atoms with van der Waals surface area (Å²) in [7, 11) is 0. The second-order valence-corrected chi connectivity index (χ2v) is 7.21. The molecule has 1 aliphatic rings. The van der Waals surface area contributed by atoms with Crippen molar-refractivity contribution < 1.29 is 14.7 Å². The molecule has 2 atom stereocenters. The van der Waals surface area contributed by atoms with Gasteiger partial charge in [0.15, 0.2) is 0 Å². The van der Waals surface area contributed by atoms with Crippen LogP contribution in [0, 0.1) is 11.3 Å². The lowest BCUT2D eigenvalue weighted by molar-refractivity contribution is -0.150. The predicted molar refractivity (Wildman–Crippen MR) is 83.2 cm³/mol. The summed E-state index contributed by atoms with van der Waals surface area (Å²) in [4.78, 5) is 23.6. The van der Waals surface area contributed by atoms with Crippen LogP contribution < -0.4 is 10.6 Å². The van der Waals surface area contributed by atoms with Crippen molar-refractivity contribution in [1.82, 2.24) is 10.6 Å². The average molecular weight is 298 g/mol. The molecule has 0 bridgehead atoms. The van der Waals surface area contributed by atoms with Crippen LogP contribution in [0.1, 0.15) is 66.7 Å². The summed E-state index contributed by atoms with van der Waals surface area (Å²) >= 11 is 0. The molecule has 1 saturated carbocycles. The van der Waals surface area contributed by atoms with E-state index in [-0.39, 0.29) is 12.1 Å². The Morgan fingerprint density at radius 2 is 1.71 bits per heavy atom. The maximum atomic E-state index is 12.2. The first-order valence-corrected chi connectivity index (χ1v) is 7.94. The van der Waals surface area contributed by atoms with Gasteiger partial charge in [0, 0.05) is 6.04 Å². The fourth-order valence-electron chi connectivity index (χ4n) is 2.80. The maximum Gasteiger partial charge on any atom is 0.315 e. The molecule has 0 radical (unpaired) electrons. The third kappa shape index (κ3) is 4.11. The second-order valence-electron chi connectivity index (χ2n) is 7.21. The highest BCUT2D eigenvalue weighted by Crippen LogP contribution is 2.31. The molecule has 1 aliphatic carbocycles. The van der Waals surface area contributed by atoms with Crippen LogP contribution in [0.15, 0.2) is 0 Å². The van der Waals surface area contributed by atoms with Crippen LogP contribution in [0.5, 0.6) is 0 Å². The van der Waals surface area contributed by atoms with Gasteiger partial charge in [0.1, 0.15) is 0 Å². The zero-order valence-electron chi connectivity index (χ0n) is 14.0. The van der Waals surface area contributed by atoms with Crippen LogP contribution >= 0.6 is 0 Å². The molecule has 0 aromatic carbocycles. The number of urea groups is 1. The summed E-state index contributed by atoms with van der Waals surface area (Å²) in [5.41, 5.74) is -1.87. The van der Waals surface area contributed by atoms with Crippen molar-refractivity contribution in [2.45, 2.75) is 78.3 Å². The van der Waals surface area contributed by atoms with E-state index in [1.165, 1.54) is 6.42 Å². The predicted octanol–water partition coefficient (Wildman–Crippen LogP) is 3.14. The van der Waals surface area contributed by atoms with Crippen LogP contribution in [0.3, 0.4) is 0 Å². The van der Waals surface area contributed by atoms with E-state index in [4.69, 9.17) is 0 Å². The quantitative estimate of drug-likeness (QED) is 0.729. The number of amides is 2. The molecule has 0 aromatic heterocycles. The van der Waals surface area contributed by atoms with Gasteiger partial charge in [-0.05, 0) is 46.5 Å². The first kappa shape index (κ1) is 17.8. The summed E-state index contributed by atoms with van der Waals surface area (Å²) in [5.74, 6) is -0.392. The van der Waals surface area contributed by atoms with E-state index in [0.717, 1.165) is 25.7 Å². The number of carbonyl (C=O) groups is 2. The van der Waals surface area contributed by atoms with Crippen LogP contribution in [0.25, 0.3) is 0 Å². The highest BCUT2D eigenvalue weighted by atomic mass is 16.4. The van der Waals surface area contributed by atoms with Crippen LogP contribution in [0.2, 0.25) is 0 Å². The molecule has 1 rings (SSSR count). The van der Waals surface area contributed by atoms with Gasteiger partial charge < -0.3 is 15.7 Å². The number of carbonyl (C=O) groups excluding carboxylic acids is 1. The number of carboxylic acids is 1. The Labute approximate surface area is 127 Å². The Kier molecular flexibility index (Phi) is 5.65. The highest BCUT2D eigenvalue weighted by molar-refractivity contribution is 5.79. The van der Waals surface area contributed by atoms with E-state index >= 15 is 0 Å². The molecule has 5 heteroatoms. The lowest BCUT2D eigenvalue weighted by atomic mass is 9.74. The smallest absolute Gasteiger partial charge is 0.315 e. The summed E-state index contributed by atoms with van der Waals surface area (Å²) < 4.78 is 0. The van der Waals surface area contributed by atoms with Crippen molar-refractivity contribution in [3.05, 3.63) is 0 Å². The third-order valence-electron chi connectivity index (χ3n) is 5.27. The number of carboxylic acid groups (broad SMARTS) is 1. The molecule has 2 unspecified atom stereocenters. The molecule has 0 aromatic rings. The molecular weight excluding hydrogens is 268 g/mol. The van der Waals surface area contributed by atoms with Crippen molar-refractivity contribution in [3.8, 4) is 0 Å². The van der Waals surface area contributed by atoms with Gasteiger partial charge in [0.2, 0.25) is 0 Å². The molecule has 2 amide bonds. The van der Waals surface area contributed by atoms with E-state index in [1.807, 2.05) is 0 Å². The second kappa shape index (κ2) is 6.67. The molecule has 122 valence electrons. The number of rotatable bonds is 5. The van der Waals surface area contributed by atoms with Gasteiger partial charge in [-0.15, -0.1) is 0 Å². The summed E-state index contributed by atoms with van der Waals surface area (Å²) in [6, 6.07) is -0.0628. The minimum atomic E-state index is -1.04. The van der Waals surface area contributed by atoms with E-state index in [9.17, 15) is 14.7 Å². The zero-order valence-corrected chi connectivity index (χ0v) is 14.0. The van der Waals surface area contributed by atoms with Crippen molar-refractivity contribution in [3.63, 3.8) is 0 Å². The van der Waals surface area contributed by atoms with E-state index in [1.54, 1.807) is 27.7 Å². The van der Waals surface area contributed by atoms with Crippen molar-refractivity contribution in [2.75, 3.05) is 0 Å². The Morgan fingerprint density at radius 3 is 2.24 bits per heavy atom. The van der Waals surface area contributed by atoms with Crippen molar-refractivity contribution in [2.24, 2.45) is 11.3 Å². The minimum Gasteiger partial charge on any atom is -0.481 e. The number of hydrogen-bond acceptors (Lipinski definition) is 2. The Morgan fingerprint density at radius 1 is 1.14 bits per heavy atom. The topological polar surface area (TPSA) is 78.4 Å². The monoisotopic (exact) mass is 298 g/mol. The largest absolute Gasteiger partial charge is 0.481 e. The first-order valence-electron chi connectivity index (χ1n) is 7.94. The Bertz CT molecular complexity index is 391. The number of nitrogens with one attached hydrogen (secondary N) is 2. The fraction of sp³-hybridized carbons (Fsp3) is 0.875. The van der Waals surface area contributed by atoms with Gasteiger partial charge in [-0.2, -0.15) is 0 Å². The van der Waals surface area contributed by atoms with E-state index < -0.39 is 16.9 Å². The van der Waals surface area contributed by atoms with Gasteiger partial charge >= 0.3 is 12.0 Å². The minimum absolute atomic E-state index is 0.201. The van der Waals surface area contributed by atoms with Crippen LogP contribution in [0.4, 0.5) is 4.79 Å². The molecular formula is C16H30N2O3. The zero-order chi connectivity index (χ0) is 16.3. The SMILES string of the molecule is CCC1CCCCC1NC(=O)NC(C)(C)C(C)(C)C(=O)O. The summed E-state index contributed by atoms with van der Waals surface area (Å²) in [5, 5.41) is 15.2. The normalized spacial score (nSPS) is 23.5. The molecule has 21 heavy (non-hydrogen) atoms. The van der Waals surface area contributed by atoms with Gasteiger partial charge in [-0.25, -0.2) is 4.79 Å². The number of aliphatic carboxylic acids is 1. The molecule has 0 spiro atoms. The lowest BCUT2D eigenvalue weighted by Crippen LogP contribution is -2.60. The van der Waals surface area contributed by atoms with Crippen LogP contribution in [-0.2, 0) is 4.79 Å². The van der Waals surface area contributed by atoms with Crippen molar-refractivity contribution in [1.29, 1.82) is 0 Å². The summed E-state index contributed by atoms with van der Waals surface area (Å²) in [6.45, 7) is 8.91. The Balaban J connectivity index is 2.66. The van der Waals surface area contributed by atoms with Gasteiger partial charge in [0.05, 0.1) is 11.0 Å². The molecule has 5 nitrogen and oxygen atoms in total. The molecule has 0 saturated heterocycles. The van der Waals surface area contributed by atoms with Crippen molar-refractivity contribution >= 4 is 12.0 Å². The molecule has 3 N–H and O–H groups in total. The first-order chi connectivity index (χ1) is 9.61. The standard InChI is InChI=1S/C16H30N2O3/c1-6-11-9-7-8-10-12(11)17-14(21)18-16(4,5)15(2,3)13(19)20/h11-12H,6-10H2,1-5H3,(H,19,20)(H2,17,18,21). The number of hydrogen-bond donors (Lipinski definition) is 3. The van der Waals surface area contributed by atoms with Gasteiger partial charge in [-0.1, -0.05) is 26.2 Å². The van der Waals surface area contributed by atoms with Crippen LogP contribution in [-0.4, -0.2) is 28.7 Å².